The summed E-state index contributed by atoms with van der Waals surface area (Å²) in [7, 11) is 0.396. The molecule has 1 N–H and O–H groups in total. The van der Waals surface area contributed by atoms with Crippen molar-refractivity contribution in [1.29, 1.82) is 0 Å². The van der Waals surface area contributed by atoms with Crippen LogP contribution in [0.3, 0.4) is 0 Å². The lowest BCUT2D eigenvalue weighted by Crippen LogP contribution is -2.34. The largest absolute Gasteiger partial charge is 0.301 e. The van der Waals surface area contributed by atoms with Crippen molar-refractivity contribution in [3.63, 3.8) is 0 Å². The first kappa shape index (κ1) is 17.7. The molecule has 2 aromatic rings. The summed E-state index contributed by atoms with van der Waals surface area (Å²) < 4.78 is 27.7. The highest BCUT2D eigenvalue weighted by atomic mass is 32.2. The maximum Gasteiger partial charge on any atom is 0.240 e. The highest BCUT2D eigenvalue weighted by Crippen LogP contribution is 2.19. The molecule has 0 saturated heterocycles. The first-order chi connectivity index (χ1) is 10.8. The molecule has 23 heavy (non-hydrogen) atoms. The van der Waals surface area contributed by atoms with E-state index in [2.05, 4.69) is 4.72 Å². The molecule has 124 valence electrons. The zero-order valence-electron chi connectivity index (χ0n) is 14.1. The van der Waals surface area contributed by atoms with Crippen LogP contribution >= 0.6 is 0 Å². The van der Waals surface area contributed by atoms with Crippen LogP contribution in [0.1, 0.15) is 22.7 Å². The maximum atomic E-state index is 12.5. The van der Waals surface area contributed by atoms with Gasteiger partial charge in [-0.05, 0) is 51.2 Å². The number of aryl methyl sites for hydroxylation is 2. The van der Waals surface area contributed by atoms with Crippen LogP contribution in [0.25, 0.3) is 0 Å². The quantitative estimate of drug-likeness (QED) is 0.885. The van der Waals surface area contributed by atoms with Gasteiger partial charge in [-0.3, -0.25) is 0 Å². The van der Waals surface area contributed by atoms with Crippen LogP contribution in [0, 0.1) is 13.8 Å². The minimum atomic E-state index is -3.50. The van der Waals surface area contributed by atoms with Crippen molar-refractivity contribution < 1.29 is 8.42 Å². The van der Waals surface area contributed by atoms with Crippen LogP contribution in [0.15, 0.2) is 53.4 Å². The molecule has 2 rings (SSSR count). The van der Waals surface area contributed by atoms with E-state index in [0.717, 1.165) is 11.1 Å². The van der Waals surface area contributed by atoms with E-state index >= 15 is 0 Å². The maximum absolute atomic E-state index is 12.5. The van der Waals surface area contributed by atoms with Crippen molar-refractivity contribution in [2.45, 2.75) is 24.8 Å². The Bertz CT molecular complexity index is 753. The third-order valence-electron chi connectivity index (χ3n) is 3.85. The number of likely N-dealkylation sites (N-methyl/N-ethyl adjacent to an activating group) is 1. The second kappa shape index (κ2) is 7.25. The van der Waals surface area contributed by atoms with E-state index < -0.39 is 10.0 Å². The summed E-state index contributed by atoms with van der Waals surface area (Å²) >= 11 is 0. The molecule has 0 saturated carbocycles. The van der Waals surface area contributed by atoms with Crippen molar-refractivity contribution >= 4 is 10.0 Å². The number of hydrogen-bond acceptors (Lipinski definition) is 3. The fourth-order valence-corrected chi connectivity index (χ4v) is 3.58. The minimum absolute atomic E-state index is 0.0183. The summed E-state index contributed by atoms with van der Waals surface area (Å²) in [6.45, 7) is 4.25. The van der Waals surface area contributed by atoms with Crippen LogP contribution in [-0.2, 0) is 10.0 Å². The number of nitrogens with one attached hydrogen (secondary N) is 1. The van der Waals surface area contributed by atoms with Crippen molar-refractivity contribution in [1.82, 2.24) is 9.62 Å². The molecule has 0 heterocycles. The average Bonchev–Trinajstić information content (AvgIpc) is 2.49. The molecule has 5 heteroatoms. The molecular weight excluding hydrogens is 308 g/mol. The third-order valence-corrected chi connectivity index (χ3v) is 5.27. The van der Waals surface area contributed by atoms with E-state index in [1.54, 1.807) is 18.2 Å². The number of benzene rings is 2. The molecule has 0 aromatic heterocycles. The molecule has 0 aliphatic rings. The first-order valence-electron chi connectivity index (χ1n) is 7.59. The predicted molar refractivity (Wildman–Crippen MR) is 94.0 cm³/mol. The van der Waals surface area contributed by atoms with Crippen LogP contribution in [0.2, 0.25) is 0 Å². The molecule has 0 aliphatic carbocycles. The molecule has 2 aromatic carbocycles. The number of rotatable bonds is 6. The third kappa shape index (κ3) is 4.64. The van der Waals surface area contributed by atoms with E-state index in [1.807, 2.05) is 63.2 Å². The summed E-state index contributed by atoms with van der Waals surface area (Å²) in [6.07, 6.45) is 0. The fourth-order valence-electron chi connectivity index (χ4n) is 2.44. The lowest BCUT2D eigenvalue weighted by Gasteiger charge is -2.25. The second-order valence-corrected chi connectivity index (χ2v) is 7.83. The molecule has 0 fully saturated rings. The van der Waals surface area contributed by atoms with E-state index in [9.17, 15) is 8.42 Å². The molecule has 0 radical (unpaired) electrons. The monoisotopic (exact) mass is 332 g/mol. The van der Waals surface area contributed by atoms with Gasteiger partial charge >= 0.3 is 0 Å². The van der Waals surface area contributed by atoms with Crippen molar-refractivity contribution in [2.24, 2.45) is 0 Å². The summed E-state index contributed by atoms with van der Waals surface area (Å²) in [4.78, 5) is 2.32. The molecule has 0 aliphatic heterocycles. The molecule has 4 nitrogen and oxygen atoms in total. The summed E-state index contributed by atoms with van der Waals surface area (Å²) in [5.41, 5.74) is 3.20. The van der Waals surface area contributed by atoms with Gasteiger partial charge in [-0.2, -0.15) is 0 Å². The Morgan fingerprint density at radius 2 is 1.65 bits per heavy atom. The van der Waals surface area contributed by atoms with Crippen LogP contribution in [0.5, 0.6) is 0 Å². The number of nitrogens with zero attached hydrogens (tertiary/aromatic N) is 1. The first-order valence-corrected chi connectivity index (χ1v) is 9.07. The lowest BCUT2D eigenvalue weighted by molar-refractivity contribution is 0.299. The van der Waals surface area contributed by atoms with Crippen molar-refractivity contribution in [2.75, 3.05) is 20.6 Å². The zero-order chi connectivity index (χ0) is 17.0. The van der Waals surface area contributed by atoms with Gasteiger partial charge in [0, 0.05) is 12.6 Å². The van der Waals surface area contributed by atoms with E-state index in [1.165, 1.54) is 5.56 Å². The highest BCUT2D eigenvalue weighted by molar-refractivity contribution is 7.89. The Balaban J connectivity index is 2.17. The van der Waals surface area contributed by atoms with Gasteiger partial charge in [0.15, 0.2) is 0 Å². The van der Waals surface area contributed by atoms with Crippen molar-refractivity contribution in [3.05, 3.63) is 65.2 Å². The van der Waals surface area contributed by atoms with Crippen LogP contribution < -0.4 is 4.72 Å². The van der Waals surface area contributed by atoms with Gasteiger partial charge in [-0.15, -0.1) is 0 Å². The molecule has 0 bridgehead atoms. The smallest absolute Gasteiger partial charge is 0.240 e. The van der Waals surface area contributed by atoms with E-state index in [0.29, 0.717) is 11.4 Å². The molecular formula is C18H24N2O2S. The Hall–Kier alpha value is -1.69. The van der Waals surface area contributed by atoms with Gasteiger partial charge in [0.2, 0.25) is 10.0 Å². The standard InChI is InChI=1S/C18H24N2O2S/c1-14-8-10-16(11-9-14)18(20(3)4)13-19-23(21,22)17-7-5-6-15(2)12-17/h5-12,18-19H,13H2,1-4H3. The van der Waals surface area contributed by atoms with E-state index in [-0.39, 0.29) is 6.04 Å². The Morgan fingerprint density at radius 1 is 1.00 bits per heavy atom. The van der Waals surface area contributed by atoms with Gasteiger partial charge in [0.1, 0.15) is 0 Å². The van der Waals surface area contributed by atoms with Gasteiger partial charge in [0.25, 0.3) is 0 Å². The molecule has 1 atom stereocenters. The zero-order valence-corrected chi connectivity index (χ0v) is 14.9. The SMILES string of the molecule is Cc1ccc(C(CNS(=O)(=O)c2cccc(C)c2)N(C)C)cc1. The Labute approximate surface area is 139 Å². The van der Waals surface area contributed by atoms with Crippen molar-refractivity contribution in [3.8, 4) is 0 Å². The summed E-state index contributed by atoms with van der Waals surface area (Å²) in [5, 5.41) is 0. The second-order valence-electron chi connectivity index (χ2n) is 6.06. The molecule has 0 amide bonds. The van der Waals surface area contributed by atoms with Gasteiger partial charge < -0.3 is 4.90 Å². The highest BCUT2D eigenvalue weighted by Gasteiger charge is 2.19. The van der Waals surface area contributed by atoms with Crippen LogP contribution in [-0.4, -0.2) is 34.0 Å². The minimum Gasteiger partial charge on any atom is -0.301 e. The predicted octanol–water partition coefficient (Wildman–Crippen LogP) is 2.88. The number of sulfonamides is 1. The van der Waals surface area contributed by atoms with Crippen LogP contribution in [0.4, 0.5) is 0 Å². The lowest BCUT2D eigenvalue weighted by atomic mass is 10.0. The normalized spacial score (nSPS) is 13.3. The summed E-state index contributed by atoms with van der Waals surface area (Å²) in [6, 6.07) is 15.1. The molecule has 0 spiro atoms. The van der Waals surface area contributed by atoms with E-state index in [4.69, 9.17) is 0 Å². The Kier molecular flexibility index (Phi) is 5.57. The van der Waals surface area contributed by atoms with Gasteiger partial charge in [-0.1, -0.05) is 42.0 Å². The number of hydrogen-bond donors (Lipinski definition) is 1. The van der Waals surface area contributed by atoms with Gasteiger partial charge in [-0.25, -0.2) is 13.1 Å². The Morgan fingerprint density at radius 3 is 2.22 bits per heavy atom. The summed E-state index contributed by atoms with van der Waals surface area (Å²) in [5.74, 6) is 0. The topological polar surface area (TPSA) is 49.4 Å². The van der Waals surface area contributed by atoms with Gasteiger partial charge in [0.05, 0.1) is 4.90 Å². The molecule has 1 unspecified atom stereocenters. The average molecular weight is 332 g/mol. The fraction of sp³-hybridized carbons (Fsp3) is 0.333.